The summed E-state index contributed by atoms with van der Waals surface area (Å²) in [5, 5.41) is 20.2. The Morgan fingerprint density at radius 3 is 2.33 bits per heavy atom. The molecule has 0 fully saturated rings. The first-order valence-corrected chi connectivity index (χ1v) is 7.41. The van der Waals surface area contributed by atoms with Gasteiger partial charge in [-0.05, 0) is 47.2 Å². The molecule has 0 bridgehead atoms. The smallest absolute Gasteiger partial charge is 0.339 e. The van der Waals surface area contributed by atoms with E-state index in [9.17, 15) is 9.90 Å². The number of carbonyl (C=O) groups is 1. The lowest BCUT2D eigenvalue weighted by Crippen LogP contribution is -2.19. The van der Waals surface area contributed by atoms with Crippen LogP contribution in [0.1, 0.15) is 17.3 Å². The number of aromatic carboxylic acids is 1. The maximum Gasteiger partial charge on any atom is 0.339 e. The number of hydrogen-bond acceptors (Lipinski definition) is 4. The Kier molecular flexibility index (Phi) is 4.24. The lowest BCUT2D eigenvalue weighted by Gasteiger charge is -2.17. The zero-order chi connectivity index (χ0) is 17.1. The summed E-state index contributed by atoms with van der Waals surface area (Å²) in [6, 6.07) is 17.4. The molecular formula is C19H16O5. The topological polar surface area (TPSA) is 76.0 Å². The van der Waals surface area contributed by atoms with Crippen LogP contribution in [0.4, 0.5) is 0 Å². The van der Waals surface area contributed by atoms with Crippen LogP contribution in [0.15, 0.2) is 60.7 Å². The van der Waals surface area contributed by atoms with E-state index in [2.05, 4.69) is 0 Å². The van der Waals surface area contributed by atoms with Crippen molar-refractivity contribution in [3.8, 4) is 17.2 Å². The summed E-state index contributed by atoms with van der Waals surface area (Å²) in [6.07, 6.45) is -0.513. The van der Waals surface area contributed by atoms with Crippen molar-refractivity contribution in [1.29, 1.82) is 0 Å². The van der Waals surface area contributed by atoms with Gasteiger partial charge in [-0.15, -0.1) is 0 Å². The highest BCUT2D eigenvalue weighted by Gasteiger charge is 2.12. The van der Waals surface area contributed by atoms with E-state index in [0.29, 0.717) is 16.9 Å². The van der Waals surface area contributed by atoms with Gasteiger partial charge in [-0.2, -0.15) is 0 Å². The van der Waals surface area contributed by atoms with Crippen molar-refractivity contribution in [2.75, 3.05) is 0 Å². The molecule has 122 valence electrons. The highest BCUT2D eigenvalue weighted by molar-refractivity contribution is 5.97. The molecule has 0 saturated carbocycles. The average molecular weight is 324 g/mol. The van der Waals surface area contributed by atoms with Gasteiger partial charge >= 0.3 is 5.97 Å². The lowest BCUT2D eigenvalue weighted by atomic mass is 10.1. The van der Waals surface area contributed by atoms with Crippen LogP contribution in [0.25, 0.3) is 10.8 Å². The van der Waals surface area contributed by atoms with Crippen molar-refractivity contribution in [3.63, 3.8) is 0 Å². The molecule has 5 heteroatoms. The number of carboxylic acid groups (broad SMARTS) is 1. The Labute approximate surface area is 138 Å². The Morgan fingerprint density at radius 1 is 0.917 bits per heavy atom. The Bertz CT molecular complexity index is 874. The van der Waals surface area contributed by atoms with Crippen LogP contribution in [0.5, 0.6) is 17.2 Å². The van der Waals surface area contributed by atoms with E-state index in [0.717, 1.165) is 5.39 Å². The normalized spacial score (nSPS) is 11.9. The number of benzene rings is 3. The molecule has 0 spiro atoms. The number of aromatic hydroxyl groups is 1. The SMILES string of the molecule is CC(Oc1ccccc1)Oc1ccc2cc(O)c(C(=O)O)cc2c1. The van der Waals surface area contributed by atoms with Crippen molar-refractivity contribution < 1.29 is 24.5 Å². The summed E-state index contributed by atoms with van der Waals surface area (Å²) in [4.78, 5) is 11.1. The third kappa shape index (κ3) is 3.41. The van der Waals surface area contributed by atoms with Crippen molar-refractivity contribution in [3.05, 3.63) is 66.2 Å². The molecule has 0 aliphatic rings. The zero-order valence-corrected chi connectivity index (χ0v) is 13.0. The summed E-state index contributed by atoms with van der Waals surface area (Å²) in [6.45, 7) is 1.77. The standard InChI is InChI=1S/C19H16O5/c1-12(23-15-5-3-2-4-6-15)24-16-8-7-13-11-18(20)17(19(21)22)10-14(13)9-16/h2-12,20H,1H3,(H,21,22). The maximum absolute atomic E-state index is 11.1. The number of hydrogen-bond donors (Lipinski definition) is 2. The second-order valence-electron chi connectivity index (χ2n) is 5.30. The highest BCUT2D eigenvalue weighted by Crippen LogP contribution is 2.28. The molecule has 2 N–H and O–H groups in total. The largest absolute Gasteiger partial charge is 0.507 e. The quantitative estimate of drug-likeness (QED) is 0.693. The average Bonchev–Trinajstić information content (AvgIpc) is 2.55. The molecule has 0 amide bonds. The fourth-order valence-electron chi connectivity index (χ4n) is 2.41. The Balaban J connectivity index is 1.82. The van der Waals surface area contributed by atoms with Crippen LogP contribution in [0.3, 0.4) is 0 Å². The van der Waals surface area contributed by atoms with Crippen LogP contribution < -0.4 is 9.47 Å². The van der Waals surface area contributed by atoms with Gasteiger partial charge < -0.3 is 19.7 Å². The molecule has 24 heavy (non-hydrogen) atoms. The zero-order valence-electron chi connectivity index (χ0n) is 13.0. The van der Waals surface area contributed by atoms with E-state index in [1.54, 1.807) is 25.1 Å². The molecule has 5 nitrogen and oxygen atoms in total. The van der Waals surface area contributed by atoms with Crippen LogP contribution in [0.2, 0.25) is 0 Å². The van der Waals surface area contributed by atoms with E-state index >= 15 is 0 Å². The lowest BCUT2D eigenvalue weighted by molar-refractivity contribution is 0.0224. The summed E-state index contributed by atoms with van der Waals surface area (Å²) >= 11 is 0. The van der Waals surface area contributed by atoms with E-state index in [1.165, 1.54) is 12.1 Å². The van der Waals surface area contributed by atoms with Gasteiger partial charge in [-0.1, -0.05) is 24.3 Å². The second-order valence-corrected chi connectivity index (χ2v) is 5.30. The summed E-state index contributed by atoms with van der Waals surface area (Å²) < 4.78 is 11.4. The maximum atomic E-state index is 11.1. The summed E-state index contributed by atoms with van der Waals surface area (Å²) in [5.74, 6) is -0.192. The van der Waals surface area contributed by atoms with E-state index in [-0.39, 0.29) is 11.3 Å². The van der Waals surface area contributed by atoms with Gasteiger partial charge in [0.2, 0.25) is 6.29 Å². The van der Waals surface area contributed by atoms with Crippen molar-refractivity contribution >= 4 is 16.7 Å². The van der Waals surface area contributed by atoms with E-state index in [4.69, 9.17) is 14.6 Å². The predicted molar refractivity (Wildman–Crippen MR) is 89.7 cm³/mol. The fourth-order valence-corrected chi connectivity index (χ4v) is 2.41. The van der Waals surface area contributed by atoms with Crippen LogP contribution in [0, 0.1) is 0 Å². The Morgan fingerprint density at radius 2 is 1.62 bits per heavy atom. The fraction of sp³-hybridized carbons (Fsp3) is 0.105. The van der Waals surface area contributed by atoms with Crippen LogP contribution in [-0.2, 0) is 0 Å². The number of fused-ring (bicyclic) bond motifs is 1. The molecule has 0 radical (unpaired) electrons. The third-order valence-electron chi connectivity index (χ3n) is 3.50. The predicted octanol–water partition coefficient (Wildman–Crippen LogP) is 4.05. The first kappa shape index (κ1) is 15.7. The number of rotatable bonds is 5. The minimum Gasteiger partial charge on any atom is -0.507 e. The molecule has 3 aromatic carbocycles. The van der Waals surface area contributed by atoms with Gasteiger partial charge in [0, 0.05) is 6.92 Å². The molecule has 0 saturated heterocycles. The van der Waals surface area contributed by atoms with Gasteiger partial charge in [0.1, 0.15) is 22.8 Å². The molecule has 0 heterocycles. The highest BCUT2D eigenvalue weighted by atomic mass is 16.7. The molecule has 3 rings (SSSR count). The van der Waals surface area contributed by atoms with E-state index in [1.807, 2.05) is 30.3 Å². The summed E-state index contributed by atoms with van der Waals surface area (Å²) in [7, 11) is 0. The molecule has 1 atom stereocenters. The number of carboxylic acids is 1. The molecule has 3 aromatic rings. The monoisotopic (exact) mass is 324 g/mol. The first-order chi connectivity index (χ1) is 11.5. The molecular weight excluding hydrogens is 308 g/mol. The minimum absolute atomic E-state index is 0.145. The van der Waals surface area contributed by atoms with Gasteiger partial charge in [0.05, 0.1) is 0 Å². The van der Waals surface area contributed by atoms with Gasteiger partial charge in [-0.3, -0.25) is 0 Å². The van der Waals surface area contributed by atoms with Crippen LogP contribution >= 0.6 is 0 Å². The molecule has 0 aliphatic heterocycles. The first-order valence-electron chi connectivity index (χ1n) is 7.41. The molecule has 1 unspecified atom stereocenters. The minimum atomic E-state index is -1.18. The van der Waals surface area contributed by atoms with Crippen molar-refractivity contribution in [2.24, 2.45) is 0 Å². The number of ether oxygens (including phenoxy) is 2. The Hall–Kier alpha value is -3.21. The third-order valence-corrected chi connectivity index (χ3v) is 3.50. The van der Waals surface area contributed by atoms with Gasteiger partial charge in [-0.25, -0.2) is 4.79 Å². The van der Waals surface area contributed by atoms with Crippen molar-refractivity contribution in [1.82, 2.24) is 0 Å². The van der Waals surface area contributed by atoms with Crippen molar-refractivity contribution in [2.45, 2.75) is 13.2 Å². The summed E-state index contributed by atoms with van der Waals surface area (Å²) in [5.41, 5.74) is -0.145. The van der Waals surface area contributed by atoms with E-state index < -0.39 is 12.3 Å². The van der Waals surface area contributed by atoms with Crippen LogP contribution in [-0.4, -0.2) is 22.5 Å². The van der Waals surface area contributed by atoms with Gasteiger partial charge in [0.15, 0.2) is 0 Å². The molecule has 0 aliphatic carbocycles. The number of para-hydroxylation sites is 1. The molecule has 0 aromatic heterocycles. The number of phenols is 1. The van der Waals surface area contributed by atoms with Gasteiger partial charge in [0.25, 0.3) is 0 Å². The second kappa shape index (κ2) is 6.50.